The number of nitrogens with one attached hydrogen (secondary N) is 1. The van der Waals surface area contributed by atoms with Crippen molar-refractivity contribution in [2.45, 2.75) is 64.0 Å². The number of aryl methyl sites for hydroxylation is 1. The van der Waals surface area contributed by atoms with Crippen molar-refractivity contribution in [1.82, 2.24) is 20.0 Å². The number of aromatic nitrogens is 2. The van der Waals surface area contributed by atoms with Crippen LogP contribution in [0.5, 0.6) is 0 Å². The fourth-order valence-corrected chi connectivity index (χ4v) is 4.79. The Morgan fingerprint density at radius 2 is 2.14 bits per heavy atom. The highest BCUT2D eigenvalue weighted by Gasteiger charge is 2.37. The number of likely N-dealkylation sites (tertiary alicyclic amines) is 1. The predicted octanol–water partition coefficient (Wildman–Crippen LogP) is 2.59. The van der Waals surface area contributed by atoms with Gasteiger partial charge < -0.3 is 0 Å². The van der Waals surface area contributed by atoms with Crippen LogP contribution in [0, 0.1) is 5.92 Å². The second kappa shape index (κ2) is 6.32. The lowest BCUT2D eigenvalue weighted by Gasteiger charge is -2.28. The van der Waals surface area contributed by atoms with Crippen LogP contribution in [0.1, 0.15) is 55.5 Å². The molecule has 3 aliphatic rings. The van der Waals surface area contributed by atoms with Gasteiger partial charge in [0.1, 0.15) is 0 Å². The molecule has 1 N–H and O–H groups in total. The van der Waals surface area contributed by atoms with E-state index in [9.17, 15) is 0 Å². The fourth-order valence-electron chi connectivity index (χ4n) is 4.79. The van der Waals surface area contributed by atoms with Crippen LogP contribution in [0.15, 0.2) is 0 Å². The third-order valence-electron chi connectivity index (χ3n) is 6.10. The van der Waals surface area contributed by atoms with Crippen LogP contribution in [0.4, 0.5) is 0 Å². The van der Waals surface area contributed by atoms with E-state index in [1.165, 1.54) is 88.0 Å². The molecule has 2 heterocycles. The number of hydrogen-bond acceptors (Lipinski definition) is 3. The van der Waals surface area contributed by atoms with Gasteiger partial charge in [0.05, 0.1) is 5.69 Å². The summed E-state index contributed by atoms with van der Waals surface area (Å²) >= 11 is 0. The molecule has 1 aromatic heterocycles. The van der Waals surface area contributed by atoms with Crippen molar-refractivity contribution in [3.8, 4) is 0 Å². The lowest BCUT2D eigenvalue weighted by Crippen LogP contribution is -2.38. The van der Waals surface area contributed by atoms with Crippen LogP contribution in [0.25, 0.3) is 0 Å². The van der Waals surface area contributed by atoms with Crippen LogP contribution in [0.3, 0.4) is 0 Å². The minimum atomic E-state index is 0.903. The first-order valence-corrected chi connectivity index (χ1v) is 9.27. The van der Waals surface area contributed by atoms with Crippen molar-refractivity contribution in [3.63, 3.8) is 0 Å². The first kappa shape index (κ1) is 14.7. The molecule has 0 aromatic carbocycles. The highest BCUT2D eigenvalue weighted by atomic mass is 15.2. The second-order valence-electron chi connectivity index (χ2n) is 7.75. The standard InChI is InChI=1S/C18H30N4/c1-21(9-10-22-12-14-7-8-15(22)11-14)13-18-16-5-3-2-4-6-17(16)19-20-18/h14-15H,2-13H2,1H3,(H,19,20)/t14-,15+/m0/s1. The van der Waals surface area contributed by atoms with E-state index >= 15 is 0 Å². The van der Waals surface area contributed by atoms with Crippen molar-refractivity contribution in [1.29, 1.82) is 0 Å². The van der Waals surface area contributed by atoms with Gasteiger partial charge in [-0.3, -0.25) is 14.9 Å². The number of H-pyrrole nitrogens is 1. The summed E-state index contributed by atoms with van der Waals surface area (Å²) in [5.74, 6) is 1.01. The molecule has 0 unspecified atom stereocenters. The average molecular weight is 302 g/mol. The third kappa shape index (κ3) is 2.95. The van der Waals surface area contributed by atoms with Crippen LogP contribution in [0.2, 0.25) is 0 Å². The van der Waals surface area contributed by atoms with Gasteiger partial charge in [0, 0.05) is 37.9 Å². The molecule has 4 rings (SSSR count). The van der Waals surface area contributed by atoms with Gasteiger partial charge in [-0.25, -0.2) is 0 Å². The molecular formula is C18H30N4. The van der Waals surface area contributed by atoms with Crippen molar-refractivity contribution >= 4 is 0 Å². The van der Waals surface area contributed by atoms with Crippen molar-refractivity contribution < 1.29 is 0 Å². The molecule has 0 spiro atoms. The lowest BCUT2D eigenvalue weighted by atomic mass is 10.1. The summed E-state index contributed by atoms with van der Waals surface area (Å²) < 4.78 is 0. The number of piperidine rings is 1. The lowest BCUT2D eigenvalue weighted by molar-refractivity contribution is 0.181. The minimum absolute atomic E-state index is 0.903. The predicted molar refractivity (Wildman–Crippen MR) is 88.9 cm³/mol. The Hall–Kier alpha value is -0.870. The number of hydrogen-bond donors (Lipinski definition) is 1. The monoisotopic (exact) mass is 302 g/mol. The number of aromatic amines is 1. The van der Waals surface area contributed by atoms with Gasteiger partial charge in [0.15, 0.2) is 0 Å². The largest absolute Gasteiger partial charge is 0.299 e. The number of likely N-dealkylation sites (N-methyl/N-ethyl adjacent to an activating group) is 1. The first-order valence-electron chi connectivity index (χ1n) is 9.27. The topological polar surface area (TPSA) is 35.2 Å². The van der Waals surface area contributed by atoms with Gasteiger partial charge in [-0.1, -0.05) is 6.42 Å². The van der Waals surface area contributed by atoms with E-state index in [4.69, 9.17) is 0 Å². The second-order valence-corrected chi connectivity index (χ2v) is 7.75. The summed E-state index contributed by atoms with van der Waals surface area (Å²) in [5.41, 5.74) is 4.25. The maximum atomic E-state index is 4.62. The van der Waals surface area contributed by atoms with Gasteiger partial charge in [-0.15, -0.1) is 0 Å². The zero-order valence-corrected chi connectivity index (χ0v) is 14.0. The van der Waals surface area contributed by atoms with E-state index in [2.05, 4.69) is 27.0 Å². The maximum absolute atomic E-state index is 4.62. The Morgan fingerprint density at radius 1 is 1.23 bits per heavy atom. The minimum Gasteiger partial charge on any atom is -0.299 e. The number of nitrogens with zero attached hydrogens (tertiary/aromatic N) is 3. The highest BCUT2D eigenvalue weighted by molar-refractivity contribution is 5.26. The van der Waals surface area contributed by atoms with E-state index in [0.717, 1.165) is 18.5 Å². The molecule has 1 aromatic rings. The maximum Gasteiger partial charge on any atom is 0.0796 e. The Kier molecular flexibility index (Phi) is 4.23. The Labute approximate surface area is 134 Å². The average Bonchev–Trinajstić information content (AvgIpc) is 3.18. The van der Waals surface area contributed by atoms with Crippen LogP contribution < -0.4 is 0 Å². The molecular weight excluding hydrogens is 272 g/mol. The fraction of sp³-hybridized carbons (Fsp3) is 0.833. The highest BCUT2D eigenvalue weighted by Crippen LogP contribution is 2.36. The van der Waals surface area contributed by atoms with Crippen LogP contribution in [-0.2, 0) is 19.4 Å². The van der Waals surface area contributed by atoms with Gasteiger partial charge in [0.25, 0.3) is 0 Å². The van der Waals surface area contributed by atoms with E-state index in [1.807, 2.05) is 0 Å². The smallest absolute Gasteiger partial charge is 0.0796 e. The summed E-state index contributed by atoms with van der Waals surface area (Å²) in [7, 11) is 2.26. The number of rotatable bonds is 5. The van der Waals surface area contributed by atoms with Crippen molar-refractivity contribution in [2.24, 2.45) is 5.92 Å². The Bertz CT molecular complexity index is 509. The van der Waals surface area contributed by atoms with E-state index < -0.39 is 0 Å². The zero-order chi connectivity index (χ0) is 14.9. The third-order valence-corrected chi connectivity index (χ3v) is 6.10. The molecule has 1 aliphatic heterocycles. The molecule has 2 fully saturated rings. The van der Waals surface area contributed by atoms with Crippen molar-refractivity contribution in [2.75, 3.05) is 26.7 Å². The molecule has 2 bridgehead atoms. The molecule has 122 valence electrons. The molecule has 22 heavy (non-hydrogen) atoms. The van der Waals surface area contributed by atoms with Gasteiger partial charge >= 0.3 is 0 Å². The Morgan fingerprint density at radius 3 is 2.95 bits per heavy atom. The SMILES string of the molecule is CN(CCN1C[C@H]2CC[C@@H]1C2)Cc1n[nH]c2c1CCCCC2. The van der Waals surface area contributed by atoms with Crippen LogP contribution >= 0.6 is 0 Å². The molecule has 1 saturated carbocycles. The summed E-state index contributed by atoms with van der Waals surface area (Å²) in [5, 5.41) is 7.92. The van der Waals surface area contributed by atoms with E-state index in [0.29, 0.717) is 0 Å². The quantitative estimate of drug-likeness (QED) is 0.849. The molecule has 0 amide bonds. The molecule has 2 aliphatic carbocycles. The summed E-state index contributed by atoms with van der Waals surface area (Å²) in [4.78, 5) is 5.20. The number of fused-ring (bicyclic) bond motifs is 3. The molecule has 1 saturated heterocycles. The first-order chi connectivity index (χ1) is 10.8. The van der Waals surface area contributed by atoms with Gasteiger partial charge in [-0.05, 0) is 63.5 Å². The summed E-state index contributed by atoms with van der Waals surface area (Å²) in [6.45, 7) is 4.78. The molecule has 2 atom stereocenters. The van der Waals surface area contributed by atoms with Gasteiger partial charge in [-0.2, -0.15) is 5.10 Å². The summed E-state index contributed by atoms with van der Waals surface area (Å²) in [6.07, 6.45) is 10.8. The van der Waals surface area contributed by atoms with E-state index in [-0.39, 0.29) is 0 Å². The van der Waals surface area contributed by atoms with Gasteiger partial charge in [0.2, 0.25) is 0 Å². The van der Waals surface area contributed by atoms with E-state index in [1.54, 1.807) is 0 Å². The van der Waals surface area contributed by atoms with Crippen molar-refractivity contribution in [3.05, 3.63) is 17.0 Å². The summed E-state index contributed by atoms with van der Waals surface area (Å²) in [6, 6.07) is 0.903. The molecule has 4 heteroatoms. The normalized spacial score (nSPS) is 28.3. The zero-order valence-electron chi connectivity index (χ0n) is 14.0. The van der Waals surface area contributed by atoms with Crippen LogP contribution in [-0.4, -0.2) is 52.7 Å². The Balaban J connectivity index is 1.30. The molecule has 4 nitrogen and oxygen atoms in total. The molecule has 0 radical (unpaired) electrons.